The van der Waals surface area contributed by atoms with Gasteiger partial charge in [0, 0.05) is 41.8 Å². The molecule has 0 spiro atoms. The van der Waals surface area contributed by atoms with Crippen LogP contribution in [0.3, 0.4) is 0 Å². The molecule has 2 aliphatic carbocycles. The van der Waals surface area contributed by atoms with Crippen molar-refractivity contribution >= 4 is 35.1 Å². The average Bonchev–Trinajstić information content (AvgIpc) is 3.05. The van der Waals surface area contributed by atoms with Gasteiger partial charge in [0.15, 0.2) is 11.6 Å². The number of carbonyl (C=O) groups excluding carboxylic acids is 2. The Hall–Kier alpha value is -3.86. The highest BCUT2D eigenvalue weighted by atomic mass is 32.2. The van der Waals surface area contributed by atoms with E-state index in [9.17, 15) is 9.59 Å². The summed E-state index contributed by atoms with van der Waals surface area (Å²) >= 11 is 3.20. The van der Waals surface area contributed by atoms with Crippen molar-refractivity contribution in [3.8, 4) is 11.1 Å². The van der Waals surface area contributed by atoms with Crippen LogP contribution in [0.15, 0.2) is 129 Å². The highest BCUT2D eigenvalue weighted by molar-refractivity contribution is 7.99. The smallest absolute Gasteiger partial charge is 0.194 e. The minimum absolute atomic E-state index is 0.0917. The molecular formula is C40H34O2S2. The number of fused-ring (bicyclic) bond motifs is 2. The van der Waals surface area contributed by atoms with Crippen molar-refractivity contribution in [2.24, 2.45) is 5.92 Å². The van der Waals surface area contributed by atoms with Crippen LogP contribution in [-0.2, 0) is 0 Å². The quantitative estimate of drug-likeness (QED) is 0.188. The van der Waals surface area contributed by atoms with Gasteiger partial charge in [-0.2, -0.15) is 0 Å². The Labute approximate surface area is 268 Å². The largest absolute Gasteiger partial charge is 0.289 e. The average molecular weight is 611 g/mol. The second kappa shape index (κ2) is 12.3. The zero-order valence-electron chi connectivity index (χ0n) is 25.0. The van der Waals surface area contributed by atoms with Crippen molar-refractivity contribution in [1.82, 2.24) is 0 Å². The lowest BCUT2D eigenvalue weighted by atomic mass is 9.79. The lowest BCUT2D eigenvalue weighted by Gasteiger charge is -2.26. The summed E-state index contributed by atoms with van der Waals surface area (Å²) in [6, 6.07) is 37.2. The van der Waals surface area contributed by atoms with Crippen LogP contribution >= 0.6 is 23.5 Å². The van der Waals surface area contributed by atoms with E-state index >= 15 is 0 Å². The Morgan fingerprint density at radius 3 is 1.43 bits per heavy atom. The van der Waals surface area contributed by atoms with Gasteiger partial charge in [0.25, 0.3) is 0 Å². The van der Waals surface area contributed by atoms with E-state index in [1.54, 1.807) is 29.6 Å². The molecule has 1 fully saturated rings. The molecule has 4 heteroatoms. The molecule has 0 aliphatic heterocycles. The van der Waals surface area contributed by atoms with Crippen LogP contribution in [0.4, 0.5) is 0 Å². The molecule has 0 N–H and O–H groups in total. The fourth-order valence-corrected chi connectivity index (χ4v) is 8.09. The normalized spacial score (nSPS) is 17.7. The summed E-state index contributed by atoms with van der Waals surface area (Å²) in [5.41, 5.74) is 7.02. The molecule has 218 valence electrons. The number of benzene rings is 5. The van der Waals surface area contributed by atoms with Crippen LogP contribution in [0.1, 0.15) is 81.5 Å². The Bertz CT molecular complexity index is 1850. The molecule has 0 bridgehead atoms. The van der Waals surface area contributed by atoms with E-state index in [0.717, 1.165) is 25.5 Å². The van der Waals surface area contributed by atoms with Crippen molar-refractivity contribution in [3.05, 3.63) is 143 Å². The first kappa shape index (κ1) is 28.9. The highest BCUT2D eigenvalue weighted by Crippen LogP contribution is 2.38. The number of aryl methyl sites for hydroxylation is 1. The van der Waals surface area contributed by atoms with Crippen molar-refractivity contribution < 1.29 is 9.59 Å². The van der Waals surface area contributed by atoms with Crippen molar-refractivity contribution in [3.63, 3.8) is 0 Å². The third-order valence-corrected chi connectivity index (χ3v) is 11.0. The number of ketones is 2. The van der Waals surface area contributed by atoms with Gasteiger partial charge in [-0.05, 0) is 109 Å². The van der Waals surface area contributed by atoms with Gasteiger partial charge in [-0.1, -0.05) is 97.4 Å². The molecule has 5 aromatic rings. The molecule has 7 rings (SSSR count). The maximum atomic E-state index is 13.5. The first-order valence-corrected chi connectivity index (χ1v) is 17.0. The van der Waals surface area contributed by atoms with Gasteiger partial charge >= 0.3 is 0 Å². The van der Waals surface area contributed by atoms with Crippen molar-refractivity contribution in [1.29, 1.82) is 0 Å². The molecular weight excluding hydrogens is 577 g/mol. The van der Waals surface area contributed by atoms with Crippen LogP contribution < -0.4 is 0 Å². The Morgan fingerprint density at radius 2 is 0.932 bits per heavy atom. The van der Waals surface area contributed by atoms with Crippen molar-refractivity contribution in [2.75, 3.05) is 0 Å². The summed E-state index contributed by atoms with van der Waals surface area (Å²) in [4.78, 5) is 31.1. The summed E-state index contributed by atoms with van der Waals surface area (Å²) < 4.78 is 0. The molecule has 2 aliphatic rings. The second-order valence-corrected chi connectivity index (χ2v) is 14.5. The maximum absolute atomic E-state index is 13.5. The topological polar surface area (TPSA) is 34.1 Å². The number of hydrogen-bond acceptors (Lipinski definition) is 4. The molecule has 0 saturated heterocycles. The standard InChI is InChI=1S/C40H34O2S2/c1-25-3-7-27(8-4-25)28-9-11-29(12-10-28)30-13-17-32(18-14-30)44-34-20-22-36-38(24-34)40(42)35-21-19-33(23-37(35)39(36)41)43-31-15-5-26(2)6-16-31/h5-6,9-25,27H,3-4,7-8H2,1-2H3. The first-order chi connectivity index (χ1) is 21.4. The van der Waals surface area contributed by atoms with Crippen LogP contribution in [0.25, 0.3) is 11.1 Å². The van der Waals surface area contributed by atoms with Crippen LogP contribution in [0.5, 0.6) is 0 Å². The van der Waals surface area contributed by atoms with E-state index in [1.807, 2.05) is 30.3 Å². The van der Waals surface area contributed by atoms with Gasteiger partial charge in [-0.15, -0.1) is 0 Å². The molecule has 0 unspecified atom stereocenters. The monoisotopic (exact) mass is 610 g/mol. The molecule has 0 radical (unpaired) electrons. The zero-order valence-corrected chi connectivity index (χ0v) is 26.6. The summed E-state index contributed by atoms with van der Waals surface area (Å²) in [5.74, 6) is 1.38. The predicted octanol–water partition coefficient (Wildman–Crippen LogP) is 11.0. The SMILES string of the molecule is Cc1ccc(Sc2ccc3c(c2)C(=O)c2ccc(Sc4ccc(-c5ccc(C6CCC(C)CC6)cc5)cc4)cc2C3=O)cc1. The van der Waals surface area contributed by atoms with E-state index in [1.165, 1.54) is 47.9 Å². The van der Waals surface area contributed by atoms with Crippen LogP contribution in [-0.4, -0.2) is 11.6 Å². The van der Waals surface area contributed by atoms with E-state index < -0.39 is 0 Å². The van der Waals surface area contributed by atoms with E-state index in [0.29, 0.717) is 28.2 Å². The lowest BCUT2D eigenvalue weighted by molar-refractivity contribution is 0.0978. The summed E-state index contributed by atoms with van der Waals surface area (Å²) in [6.07, 6.45) is 5.28. The summed E-state index contributed by atoms with van der Waals surface area (Å²) in [6.45, 7) is 4.43. The molecule has 0 amide bonds. The first-order valence-electron chi connectivity index (χ1n) is 15.4. The number of hydrogen-bond donors (Lipinski definition) is 0. The highest BCUT2D eigenvalue weighted by Gasteiger charge is 2.30. The number of carbonyl (C=O) groups is 2. The third-order valence-electron chi connectivity index (χ3n) is 9.04. The Kier molecular flexibility index (Phi) is 8.05. The zero-order chi connectivity index (χ0) is 30.2. The summed E-state index contributed by atoms with van der Waals surface area (Å²) in [7, 11) is 0. The maximum Gasteiger partial charge on any atom is 0.194 e. The minimum atomic E-state index is -0.0922. The molecule has 1 saturated carbocycles. The third kappa shape index (κ3) is 5.94. The van der Waals surface area contributed by atoms with E-state index in [2.05, 4.69) is 86.6 Å². The molecule has 5 aromatic carbocycles. The lowest BCUT2D eigenvalue weighted by Crippen LogP contribution is -2.20. The van der Waals surface area contributed by atoms with Crippen LogP contribution in [0.2, 0.25) is 0 Å². The second-order valence-electron chi connectivity index (χ2n) is 12.2. The van der Waals surface area contributed by atoms with Gasteiger partial charge < -0.3 is 0 Å². The van der Waals surface area contributed by atoms with Gasteiger partial charge in [-0.25, -0.2) is 0 Å². The molecule has 0 heterocycles. The minimum Gasteiger partial charge on any atom is -0.289 e. The fraction of sp³-hybridized carbons (Fsp3) is 0.200. The van der Waals surface area contributed by atoms with Gasteiger partial charge in [-0.3, -0.25) is 9.59 Å². The molecule has 2 nitrogen and oxygen atoms in total. The van der Waals surface area contributed by atoms with E-state index in [4.69, 9.17) is 0 Å². The number of rotatable bonds is 6. The van der Waals surface area contributed by atoms with Crippen molar-refractivity contribution in [2.45, 2.75) is 65.0 Å². The summed E-state index contributed by atoms with van der Waals surface area (Å²) in [5, 5.41) is 0. The van der Waals surface area contributed by atoms with Crippen LogP contribution in [0, 0.1) is 12.8 Å². The van der Waals surface area contributed by atoms with Gasteiger partial charge in [0.1, 0.15) is 0 Å². The van der Waals surface area contributed by atoms with Gasteiger partial charge in [0.05, 0.1) is 0 Å². The molecule has 44 heavy (non-hydrogen) atoms. The predicted molar refractivity (Wildman–Crippen MR) is 181 cm³/mol. The van der Waals surface area contributed by atoms with Gasteiger partial charge in [0.2, 0.25) is 0 Å². The molecule has 0 aromatic heterocycles. The Balaban J connectivity index is 1.05. The van der Waals surface area contributed by atoms with E-state index in [-0.39, 0.29) is 11.6 Å². The Morgan fingerprint density at radius 1 is 0.500 bits per heavy atom. The fourth-order valence-electron chi connectivity index (χ4n) is 6.37. The molecule has 0 atom stereocenters.